The van der Waals surface area contributed by atoms with Crippen molar-refractivity contribution in [3.8, 4) is 0 Å². The van der Waals surface area contributed by atoms with Gasteiger partial charge in [-0.3, -0.25) is 0 Å². The SMILES string of the molecule is CCCCCCOC(=O)OC1=C(C)NC2=C(C(=O)OC2)C1c1ccccc1C(F)(F)F. The van der Waals surface area contributed by atoms with Gasteiger partial charge in [-0.1, -0.05) is 44.4 Å². The van der Waals surface area contributed by atoms with E-state index in [2.05, 4.69) is 12.2 Å². The maximum atomic E-state index is 13.7. The lowest BCUT2D eigenvalue weighted by Gasteiger charge is -2.29. The Balaban J connectivity index is 1.92. The Morgan fingerprint density at radius 3 is 2.68 bits per heavy atom. The van der Waals surface area contributed by atoms with Gasteiger partial charge >= 0.3 is 18.3 Å². The molecule has 2 aliphatic rings. The first-order valence-electron chi connectivity index (χ1n) is 10.1. The van der Waals surface area contributed by atoms with Crippen molar-refractivity contribution in [3.63, 3.8) is 0 Å². The molecule has 168 valence electrons. The van der Waals surface area contributed by atoms with Crippen molar-refractivity contribution in [2.75, 3.05) is 13.2 Å². The van der Waals surface area contributed by atoms with Crippen LogP contribution in [0.1, 0.15) is 56.6 Å². The Labute approximate surface area is 178 Å². The summed E-state index contributed by atoms with van der Waals surface area (Å²) in [6.45, 7) is 3.65. The van der Waals surface area contributed by atoms with Crippen molar-refractivity contribution in [2.45, 2.75) is 51.6 Å². The van der Waals surface area contributed by atoms with Crippen molar-refractivity contribution >= 4 is 12.1 Å². The monoisotopic (exact) mass is 439 g/mol. The second-order valence-electron chi connectivity index (χ2n) is 7.36. The van der Waals surface area contributed by atoms with Crippen LogP contribution in [0.2, 0.25) is 0 Å². The molecule has 0 spiro atoms. The van der Waals surface area contributed by atoms with E-state index in [1.165, 1.54) is 18.2 Å². The molecule has 1 atom stereocenters. The zero-order valence-electron chi connectivity index (χ0n) is 17.3. The molecule has 0 fully saturated rings. The standard InChI is InChI=1S/C22H24F3NO5/c1-3-4-5-8-11-29-21(28)31-19-13(2)26-16-12-30-20(27)18(16)17(19)14-9-6-7-10-15(14)22(23,24)25/h6-7,9-10,17,26H,3-5,8,11-12H2,1-2H3. The summed E-state index contributed by atoms with van der Waals surface area (Å²) in [5, 5.41) is 2.91. The number of allylic oxidation sites excluding steroid dienone is 2. The normalized spacial score (nSPS) is 18.5. The second-order valence-corrected chi connectivity index (χ2v) is 7.36. The van der Waals surface area contributed by atoms with E-state index >= 15 is 0 Å². The molecule has 3 rings (SSSR count). The molecule has 1 aromatic rings. The first-order valence-corrected chi connectivity index (χ1v) is 10.1. The highest BCUT2D eigenvalue weighted by Crippen LogP contribution is 2.45. The van der Waals surface area contributed by atoms with Crippen molar-refractivity contribution in [2.24, 2.45) is 0 Å². The molecule has 2 heterocycles. The molecule has 0 aliphatic carbocycles. The minimum Gasteiger partial charge on any atom is -0.456 e. The Hall–Kier alpha value is -2.97. The van der Waals surface area contributed by atoms with E-state index in [1.54, 1.807) is 6.92 Å². The van der Waals surface area contributed by atoms with Gasteiger partial charge in [-0.15, -0.1) is 0 Å². The van der Waals surface area contributed by atoms with E-state index in [4.69, 9.17) is 14.2 Å². The highest BCUT2D eigenvalue weighted by Gasteiger charge is 2.45. The number of hydrogen-bond acceptors (Lipinski definition) is 6. The van der Waals surface area contributed by atoms with Crippen LogP contribution in [0.4, 0.5) is 18.0 Å². The summed E-state index contributed by atoms with van der Waals surface area (Å²) >= 11 is 0. The number of carbonyl (C=O) groups is 2. The Kier molecular flexibility index (Phi) is 6.92. The lowest BCUT2D eigenvalue weighted by Crippen LogP contribution is -2.29. The fraction of sp³-hybridized carbons (Fsp3) is 0.455. The summed E-state index contributed by atoms with van der Waals surface area (Å²) in [7, 11) is 0. The minimum absolute atomic E-state index is 0.00644. The lowest BCUT2D eigenvalue weighted by molar-refractivity contribution is -0.139. The molecule has 1 N–H and O–H groups in total. The van der Waals surface area contributed by atoms with Gasteiger partial charge in [0.15, 0.2) is 0 Å². The number of halogens is 3. The quantitative estimate of drug-likeness (QED) is 0.467. The number of hydrogen-bond donors (Lipinski definition) is 1. The third-order valence-electron chi connectivity index (χ3n) is 5.14. The molecule has 6 nitrogen and oxygen atoms in total. The maximum Gasteiger partial charge on any atom is 0.513 e. The third-order valence-corrected chi connectivity index (χ3v) is 5.14. The number of esters is 1. The Bertz CT molecular complexity index is 920. The Morgan fingerprint density at radius 1 is 1.23 bits per heavy atom. The number of benzene rings is 1. The summed E-state index contributed by atoms with van der Waals surface area (Å²) in [5.41, 5.74) is -0.469. The number of nitrogens with one attached hydrogen (secondary N) is 1. The molecule has 1 aromatic carbocycles. The predicted molar refractivity (Wildman–Crippen MR) is 105 cm³/mol. The molecule has 0 amide bonds. The van der Waals surface area contributed by atoms with Crippen LogP contribution < -0.4 is 5.32 Å². The molecule has 0 bridgehead atoms. The van der Waals surface area contributed by atoms with Crippen LogP contribution in [0.25, 0.3) is 0 Å². The van der Waals surface area contributed by atoms with Crippen molar-refractivity contribution in [3.05, 3.63) is 58.1 Å². The van der Waals surface area contributed by atoms with Crippen LogP contribution in [0, 0.1) is 0 Å². The molecule has 31 heavy (non-hydrogen) atoms. The average Bonchev–Trinajstić information content (AvgIpc) is 3.08. The van der Waals surface area contributed by atoms with Gasteiger partial charge in [0.05, 0.1) is 35.1 Å². The highest BCUT2D eigenvalue weighted by molar-refractivity contribution is 5.95. The van der Waals surface area contributed by atoms with E-state index < -0.39 is 29.8 Å². The van der Waals surface area contributed by atoms with Crippen molar-refractivity contribution in [1.29, 1.82) is 0 Å². The third kappa shape index (κ3) is 5.03. The van der Waals surface area contributed by atoms with E-state index in [-0.39, 0.29) is 30.1 Å². The van der Waals surface area contributed by atoms with Gasteiger partial charge in [-0.2, -0.15) is 13.2 Å². The summed E-state index contributed by atoms with van der Waals surface area (Å²) < 4.78 is 56.6. The van der Waals surface area contributed by atoms with Gasteiger partial charge in [0.1, 0.15) is 12.4 Å². The highest BCUT2D eigenvalue weighted by atomic mass is 19.4. The van der Waals surface area contributed by atoms with Crippen LogP contribution in [-0.4, -0.2) is 25.3 Å². The number of ether oxygens (including phenoxy) is 3. The zero-order valence-corrected chi connectivity index (χ0v) is 17.3. The number of cyclic esters (lactones) is 1. The minimum atomic E-state index is -4.66. The number of dihydropyridines is 1. The van der Waals surface area contributed by atoms with Gasteiger partial charge in [0, 0.05) is 0 Å². The van der Waals surface area contributed by atoms with Crippen molar-refractivity contribution < 1.29 is 37.0 Å². The largest absolute Gasteiger partial charge is 0.513 e. The molecular formula is C22H24F3NO5. The Morgan fingerprint density at radius 2 is 1.97 bits per heavy atom. The van der Waals surface area contributed by atoms with E-state index in [1.807, 2.05) is 0 Å². The smallest absolute Gasteiger partial charge is 0.456 e. The molecule has 9 heteroatoms. The second kappa shape index (κ2) is 9.45. The average molecular weight is 439 g/mol. The number of alkyl halides is 3. The van der Waals surface area contributed by atoms with Crippen LogP contribution in [-0.2, 0) is 25.2 Å². The molecular weight excluding hydrogens is 415 g/mol. The molecule has 0 saturated carbocycles. The van der Waals surface area contributed by atoms with Crippen molar-refractivity contribution in [1.82, 2.24) is 5.32 Å². The van der Waals surface area contributed by atoms with Gasteiger partial charge in [-0.05, 0) is 25.0 Å². The van der Waals surface area contributed by atoms with Gasteiger partial charge in [-0.25, -0.2) is 9.59 Å². The number of rotatable bonds is 7. The van der Waals surface area contributed by atoms with Gasteiger partial charge in [0.25, 0.3) is 0 Å². The fourth-order valence-corrected chi connectivity index (χ4v) is 3.69. The predicted octanol–water partition coefficient (Wildman–Crippen LogP) is 5.17. The first-order chi connectivity index (χ1) is 14.7. The molecule has 1 unspecified atom stereocenters. The lowest BCUT2D eigenvalue weighted by atomic mass is 9.83. The zero-order chi connectivity index (χ0) is 22.6. The van der Waals surface area contributed by atoms with E-state index in [0.717, 1.165) is 25.3 Å². The molecule has 0 saturated heterocycles. The van der Waals surface area contributed by atoms with E-state index in [0.29, 0.717) is 17.8 Å². The molecule has 0 aromatic heterocycles. The van der Waals surface area contributed by atoms with E-state index in [9.17, 15) is 22.8 Å². The maximum absolute atomic E-state index is 13.7. The topological polar surface area (TPSA) is 73.9 Å². The summed E-state index contributed by atoms with van der Waals surface area (Å²) in [6, 6.07) is 4.89. The van der Waals surface area contributed by atoms with Gasteiger partial charge in [0.2, 0.25) is 0 Å². The van der Waals surface area contributed by atoms with Crippen LogP contribution in [0.5, 0.6) is 0 Å². The number of unbranched alkanes of at least 4 members (excludes halogenated alkanes) is 3. The van der Waals surface area contributed by atoms with Crippen LogP contribution in [0.3, 0.4) is 0 Å². The summed E-state index contributed by atoms with van der Waals surface area (Å²) in [4.78, 5) is 24.6. The molecule has 0 radical (unpaired) electrons. The molecule has 2 aliphatic heterocycles. The summed E-state index contributed by atoms with van der Waals surface area (Å²) in [6.07, 6.45) is -2.13. The first kappa shape index (κ1) is 22.7. The van der Waals surface area contributed by atoms with Crippen LogP contribution >= 0.6 is 0 Å². The number of carbonyl (C=O) groups excluding carboxylic acids is 2. The fourth-order valence-electron chi connectivity index (χ4n) is 3.69. The van der Waals surface area contributed by atoms with Crippen LogP contribution in [0.15, 0.2) is 47.0 Å². The van der Waals surface area contributed by atoms with Gasteiger partial charge < -0.3 is 19.5 Å². The summed E-state index contributed by atoms with van der Waals surface area (Å²) in [5.74, 6) is -2.13.